The Hall–Kier alpha value is -0.120. The molecule has 0 saturated carbocycles. The minimum absolute atomic E-state index is 0.292. The number of aliphatic hydroxyl groups is 1. The van der Waals surface area contributed by atoms with E-state index in [1.807, 2.05) is 0 Å². The van der Waals surface area contributed by atoms with E-state index in [0.717, 1.165) is 25.7 Å². The van der Waals surface area contributed by atoms with Crippen LogP contribution in [0.5, 0.6) is 0 Å². The topological polar surface area (TPSA) is 26.7 Å². The van der Waals surface area contributed by atoms with Gasteiger partial charge in [0.2, 0.25) is 0 Å². The molecule has 1 fully saturated rings. The van der Waals surface area contributed by atoms with Gasteiger partial charge in [0.1, 0.15) is 0 Å². The third-order valence-electron chi connectivity index (χ3n) is 3.41. The van der Waals surface area contributed by atoms with E-state index in [4.69, 9.17) is 5.11 Å². The van der Waals surface area contributed by atoms with Gasteiger partial charge in [-0.1, -0.05) is 6.92 Å². The molecule has 0 spiro atoms. The van der Waals surface area contributed by atoms with Crippen molar-refractivity contribution in [2.75, 3.05) is 39.8 Å². The summed E-state index contributed by atoms with van der Waals surface area (Å²) in [5.74, 6) is 0. The molecule has 0 aromatic heterocycles. The fraction of sp³-hybridized carbons (Fsp3) is 1.00. The lowest BCUT2D eigenvalue weighted by Gasteiger charge is -2.25. The number of hydrogen-bond donors (Lipinski definition) is 1. The molecule has 3 heteroatoms. The summed E-state index contributed by atoms with van der Waals surface area (Å²) in [5, 5.41) is 8.96. The molecule has 0 amide bonds. The van der Waals surface area contributed by atoms with E-state index in [9.17, 15) is 0 Å². The van der Waals surface area contributed by atoms with Crippen molar-refractivity contribution in [1.29, 1.82) is 0 Å². The highest BCUT2D eigenvalue weighted by molar-refractivity contribution is 4.77. The van der Waals surface area contributed by atoms with Crippen LogP contribution in [0.15, 0.2) is 0 Å². The minimum atomic E-state index is 0.292. The zero-order valence-corrected chi connectivity index (χ0v) is 10.3. The van der Waals surface area contributed by atoms with Crippen LogP contribution in [0.1, 0.15) is 32.6 Å². The van der Waals surface area contributed by atoms with Crippen LogP contribution in [-0.4, -0.2) is 60.8 Å². The Bertz CT molecular complexity index is 158. The Morgan fingerprint density at radius 2 is 2.13 bits per heavy atom. The van der Waals surface area contributed by atoms with Gasteiger partial charge in [-0.3, -0.25) is 0 Å². The molecular formula is C12H26N2O. The molecule has 0 aliphatic carbocycles. The normalized spacial score (nSPS) is 22.8. The van der Waals surface area contributed by atoms with Crippen molar-refractivity contribution < 1.29 is 5.11 Å². The molecule has 0 aromatic carbocycles. The van der Waals surface area contributed by atoms with Crippen molar-refractivity contribution in [2.24, 2.45) is 0 Å². The van der Waals surface area contributed by atoms with Crippen molar-refractivity contribution in [3.8, 4) is 0 Å². The monoisotopic (exact) mass is 214 g/mol. The maximum absolute atomic E-state index is 8.96. The van der Waals surface area contributed by atoms with Crippen molar-refractivity contribution in [3.05, 3.63) is 0 Å². The van der Waals surface area contributed by atoms with Crippen molar-refractivity contribution in [2.45, 2.75) is 38.6 Å². The molecule has 3 nitrogen and oxygen atoms in total. The van der Waals surface area contributed by atoms with Gasteiger partial charge in [-0.2, -0.15) is 0 Å². The first-order valence-electron chi connectivity index (χ1n) is 6.31. The number of nitrogens with zero attached hydrogens (tertiary/aromatic N) is 2. The van der Waals surface area contributed by atoms with E-state index in [2.05, 4.69) is 23.8 Å². The molecule has 1 atom stereocenters. The van der Waals surface area contributed by atoms with E-state index in [1.54, 1.807) is 0 Å². The van der Waals surface area contributed by atoms with Gasteiger partial charge in [-0.25, -0.2) is 0 Å². The van der Waals surface area contributed by atoms with Gasteiger partial charge >= 0.3 is 0 Å². The summed E-state index contributed by atoms with van der Waals surface area (Å²) in [5.41, 5.74) is 0. The lowest BCUT2D eigenvalue weighted by molar-refractivity contribution is 0.178. The summed E-state index contributed by atoms with van der Waals surface area (Å²) < 4.78 is 0. The Labute approximate surface area is 94.1 Å². The summed E-state index contributed by atoms with van der Waals surface area (Å²) in [6.07, 6.45) is 5.15. The molecule has 1 aliphatic heterocycles. The van der Waals surface area contributed by atoms with E-state index < -0.39 is 0 Å². The molecular weight excluding hydrogens is 188 g/mol. The van der Waals surface area contributed by atoms with Gasteiger partial charge < -0.3 is 14.9 Å². The fourth-order valence-electron chi connectivity index (χ4n) is 2.47. The predicted molar refractivity (Wildman–Crippen MR) is 64.1 cm³/mol. The van der Waals surface area contributed by atoms with Crippen molar-refractivity contribution >= 4 is 0 Å². The van der Waals surface area contributed by atoms with Crippen LogP contribution in [0.25, 0.3) is 0 Å². The molecule has 0 bridgehead atoms. The number of hydrogen-bond acceptors (Lipinski definition) is 3. The maximum Gasteiger partial charge on any atom is 0.0558 e. The molecule has 1 heterocycles. The van der Waals surface area contributed by atoms with Crippen LogP contribution in [0.2, 0.25) is 0 Å². The lowest BCUT2D eigenvalue weighted by atomic mass is 10.1. The lowest BCUT2D eigenvalue weighted by Crippen LogP contribution is -2.34. The Morgan fingerprint density at radius 3 is 2.67 bits per heavy atom. The maximum atomic E-state index is 8.96. The molecule has 1 N–H and O–H groups in total. The molecule has 1 saturated heterocycles. The van der Waals surface area contributed by atoms with Crippen molar-refractivity contribution in [1.82, 2.24) is 9.80 Å². The summed E-state index contributed by atoms with van der Waals surface area (Å²) in [7, 11) is 2.23. The van der Waals surface area contributed by atoms with Gasteiger partial charge in [-0.15, -0.1) is 0 Å². The van der Waals surface area contributed by atoms with E-state index in [-0.39, 0.29) is 0 Å². The SMILES string of the molecule is CCCN(CCO)CCC1CCCN1C. The average Bonchev–Trinajstić information content (AvgIpc) is 2.61. The summed E-state index contributed by atoms with van der Waals surface area (Å²) in [6.45, 7) is 6.86. The van der Waals surface area contributed by atoms with Gasteiger partial charge in [-0.05, 0) is 52.4 Å². The van der Waals surface area contributed by atoms with Crippen LogP contribution in [0, 0.1) is 0 Å². The van der Waals surface area contributed by atoms with Crippen molar-refractivity contribution in [3.63, 3.8) is 0 Å². The highest BCUT2D eigenvalue weighted by Crippen LogP contribution is 2.17. The Morgan fingerprint density at radius 1 is 1.33 bits per heavy atom. The predicted octanol–water partition coefficient (Wildman–Crippen LogP) is 1.18. The van der Waals surface area contributed by atoms with E-state index in [1.165, 1.54) is 32.2 Å². The second-order valence-corrected chi connectivity index (χ2v) is 4.63. The molecule has 1 unspecified atom stereocenters. The Kier molecular flexibility index (Phi) is 6.22. The smallest absolute Gasteiger partial charge is 0.0558 e. The van der Waals surface area contributed by atoms with Gasteiger partial charge in [0.25, 0.3) is 0 Å². The molecule has 0 radical (unpaired) electrons. The quantitative estimate of drug-likeness (QED) is 0.689. The van der Waals surface area contributed by atoms with Crippen LogP contribution in [0.4, 0.5) is 0 Å². The molecule has 0 aromatic rings. The second kappa shape index (κ2) is 7.20. The van der Waals surface area contributed by atoms with Crippen LogP contribution in [-0.2, 0) is 0 Å². The summed E-state index contributed by atoms with van der Waals surface area (Å²) >= 11 is 0. The first kappa shape index (κ1) is 12.9. The van der Waals surface area contributed by atoms with Gasteiger partial charge in [0.15, 0.2) is 0 Å². The second-order valence-electron chi connectivity index (χ2n) is 4.63. The molecule has 1 aliphatic rings. The summed E-state index contributed by atoms with van der Waals surface area (Å²) in [6, 6.07) is 0.781. The first-order chi connectivity index (χ1) is 7.27. The Balaban J connectivity index is 2.19. The highest BCUT2D eigenvalue weighted by Gasteiger charge is 2.20. The highest BCUT2D eigenvalue weighted by atomic mass is 16.3. The number of aliphatic hydroxyl groups excluding tert-OH is 1. The standard InChI is InChI=1S/C12H26N2O/c1-3-7-14(10-11-15)9-6-12-5-4-8-13(12)2/h12,15H,3-11H2,1-2H3. The van der Waals surface area contributed by atoms with E-state index in [0.29, 0.717) is 6.61 Å². The molecule has 15 heavy (non-hydrogen) atoms. The van der Waals surface area contributed by atoms with Crippen LogP contribution in [0.3, 0.4) is 0 Å². The summed E-state index contributed by atoms with van der Waals surface area (Å²) in [4.78, 5) is 4.86. The average molecular weight is 214 g/mol. The minimum Gasteiger partial charge on any atom is -0.395 e. The largest absolute Gasteiger partial charge is 0.395 e. The third kappa shape index (κ3) is 4.49. The van der Waals surface area contributed by atoms with Gasteiger partial charge in [0.05, 0.1) is 6.61 Å². The van der Waals surface area contributed by atoms with Crippen LogP contribution >= 0.6 is 0 Å². The van der Waals surface area contributed by atoms with E-state index >= 15 is 0 Å². The molecule has 90 valence electrons. The first-order valence-corrected chi connectivity index (χ1v) is 6.31. The van der Waals surface area contributed by atoms with Crippen LogP contribution < -0.4 is 0 Å². The number of rotatable bonds is 7. The number of likely N-dealkylation sites (tertiary alicyclic amines) is 1. The fourth-order valence-corrected chi connectivity index (χ4v) is 2.47. The van der Waals surface area contributed by atoms with Gasteiger partial charge in [0, 0.05) is 12.6 Å². The third-order valence-corrected chi connectivity index (χ3v) is 3.41. The zero-order valence-electron chi connectivity index (χ0n) is 10.3. The molecule has 1 rings (SSSR count). The zero-order chi connectivity index (χ0) is 11.1.